The Morgan fingerprint density at radius 2 is 2.00 bits per heavy atom. The molecular weight excluding hydrogens is 302 g/mol. The summed E-state index contributed by atoms with van der Waals surface area (Å²) >= 11 is 0. The van der Waals surface area contributed by atoms with Crippen molar-refractivity contribution in [2.45, 2.75) is 25.2 Å². The highest BCUT2D eigenvalue weighted by Crippen LogP contribution is 2.26. The molecule has 0 aliphatic carbocycles. The van der Waals surface area contributed by atoms with Gasteiger partial charge < -0.3 is 24.1 Å². The Morgan fingerprint density at radius 1 is 1.30 bits per heavy atom. The van der Waals surface area contributed by atoms with Gasteiger partial charge in [0.2, 0.25) is 0 Å². The summed E-state index contributed by atoms with van der Waals surface area (Å²) in [5, 5.41) is 9.06. The van der Waals surface area contributed by atoms with Crippen LogP contribution >= 0.6 is 0 Å². The quantitative estimate of drug-likeness (QED) is 0.855. The van der Waals surface area contributed by atoms with Crippen LogP contribution in [-0.2, 0) is 14.2 Å². The first kappa shape index (κ1) is 16.0. The van der Waals surface area contributed by atoms with E-state index in [-0.39, 0.29) is 6.61 Å². The lowest BCUT2D eigenvalue weighted by molar-refractivity contribution is -0.150. The highest BCUT2D eigenvalue weighted by atomic mass is 16.7. The van der Waals surface area contributed by atoms with Crippen LogP contribution in [0, 0.1) is 0 Å². The van der Waals surface area contributed by atoms with Crippen LogP contribution in [0.4, 0.5) is 10.5 Å². The molecule has 23 heavy (non-hydrogen) atoms. The van der Waals surface area contributed by atoms with Crippen molar-refractivity contribution in [3.8, 4) is 5.75 Å². The lowest BCUT2D eigenvalue weighted by Crippen LogP contribution is -2.28. The van der Waals surface area contributed by atoms with Crippen molar-refractivity contribution in [2.24, 2.45) is 0 Å². The van der Waals surface area contributed by atoms with Crippen molar-refractivity contribution in [3.05, 3.63) is 24.3 Å². The first-order chi connectivity index (χ1) is 11.1. The Balaban J connectivity index is 1.52. The molecule has 1 aromatic carbocycles. The first-order valence-corrected chi connectivity index (χ1v) is 7.69. The molecule has 0 saturated carbocycles. The summed E-state index contributed by atoms with van der Waals surface area (Å²) in [7, 11) is 0. The van der Waals surface area contributed by atoms with E-state index < -0.39 is 18.0 Å². The second-order valence-corrected chi connectivity index (χ2v) is 5.72. The molecular formula is C16H21NO6. The van der Waals surface area contributed by atoms with E-state index in [1.54, 1.807) is 24.3 Å². The molecule has 3 rings (SSSR count). The van der Waals surface area contributed by atoms with Crippen LogP contribution in [0.15, 0.2) is 24.3 Å². The SMILES string of the molecule is CC1(CCOc2ccc(N3CC(CO)OC3=O)cc2)OCCO1. The number of carbonyl (C=O) groups is 1. The first-order valence-electron chi connectivity index (χ1n) is 7.69. The third-order valence-electron chi connectivity index (χ3n) is 3.95. The van der Waals surface area contributed by atoms with Gasteiger partial charge in [-0.3, -0.25) is 4.90 Å². The minimum atomic E-state index is -0.557. The zero-order chi connectivity index (χ0) is 16.3. The minimum Gasteiger partial charge on any atom is -0.493 e. The topological polar surface area (TPSA) is 77.5 Å². The van der Waals surface area contributed by atoms with Crippen LogP contribution in [0.5, 0.6) is 5.75 Å². The molecule has 0 radical (unpaired) electrons. The molecule has 126 valence electrons. The predicted molar refractivity (Wildman–Crippen MR) is 81.6 cm³/mol. The lowest BCUT2D eigenvalue weighted by Gasteiger charge is -2.22. The fourth-order valence-corrected chi connectivity index (χ4v) is 2.61. The second-order valence-electron chi connectivity index (χ2n) is 5.72. The van der Waals surface area contributed by atoms with Crippen LogP contribution in [0.1, 0.15) is 13.3 Å². The minimum absolute atomic E-state index is 0.174. The van der Waals surface area contributed by atoms with Crippen molar-refractivity contribution in [3.63, 3.8) is 0 Å². The van der Waals surface area contributed by atoms with Gasteiger partial charge in [0.25, 0.3) is 0 Å². The fourth-order valence-electron chi connectivity index (χ4n) is 2.61. The Bertz CT molecular complexity index is 540. The van der Waals surface area contributed by atoms with E-state index in [2.05, 4.69) is 0 Å². The van der Waals surface area contributed by atoms with Gasteiger partial charge in [-0.1, -0.05) is 0 Å². The van der Waals surface area contributed by atoms with E-state index in [0.29, 0.717) is 44.2 Å². The number of hydrogen-bond acceptors (Lipinski definition) is 6. The maximum absolute atomic E-state index is 11.7. The molecule has 0 bridgehead atoms. The van der Waals surface area contributed by atoms with Crippen LogP contribution in [-0.4, -0.2) is 56.1 Å². The molecule has 1 atom stereocenters. The number of aliphatic hydroxyl groups excluding tert-OH is 1. The lowest BCUT2D eigenvalue weighted by atomic mass is 10.2. The maximum atomic E-state index is 11.7. The molecule has 1 unspecified atom stereocenters. The average Bonchev–Trinajstić information content (AvgIpc) is 3.14. The third kappa shape index (κ3) is 3.74. The largest absolute Gasteiger partial charge is 0.493 e. The molecule has 2 aliphatic rings. The van der Waals surface area contributed by atoms with Crippen LogP contribution in [0.25, 0.3) is 0 Å². The number of cyclic esters (lactones) is 1. The molecule has 2 saturated heterocycles. The Morgan fingerprint density at radius 3 is 2.61 bits per heavy atom. The van der Waals surface area contributed by atoms with Gasteiger partial charge in [0, 0.05) is 12.1 Å². The average molecular weight is 323 g/mol. The van der Waals surface area contributed by atoms with Crippen LogP contribution in [0.2, 0.25) is 0 Å². The molecule has 0 aromatic heterocycles. The van der Waals surface area contributed by atoms with E-state index in [4.69, 9.17) is 24.1 Å². The number of anilines is 1. The van der Waals surface area contributed by atoms with Gasteiger partial charge in [0.1, 0.15) is 11.9 Å². The van der Waals surface area contributed by atoms with E-state index in [9.17, 15) is 4.79 Å². The standard InChI is InChI=1S/C16H21NO6/c1-16(21-8-9-22-16)6-7-20-13-4-2-12(3-5-13)17-10-14(11-18)23-15(17)19/h2-5,14,18H,6-11H2,1H3. The van der Waals surface area contributed by atoms with Crippen molar-refractivity contribution in [2.75, 3.05) is 37.9 Å². The number of rotatable bonds is 6. The van der Waals surface area contributed by atoms with Crippen molar-refractivity contribution < 1.29 is 28.8 Å². The number of aliphatic hydroxyl groups is 1. The summed E-state index contributed by atoms with van der Waals surface area (Å²) in [6.45, 7) is 3.80. The zero-order valence-corrected chi connectivity index (χ0v) is 13.1. The summed E-state index contributed by atoms with van der Waals surface area (Å²) in [5.41, 5.74) is 0.715. The fraction of sp³-hybridized carbons (Fsp3) is 0.562. The molecule has 2 fully saturated rings. The van der Waals surface area contributed by atoms with Gasteiger partial charge in [0.15, 0.2) is 5.79 Å². The molecule has 7 heteroatoms. The van der Waals surface area contributed by atoms with Gasteiger partial charge in [-0.05, 0) is 31.2 Å². The van der Waals surface area contributed by atoms with E-state index in [0.717, 1.165) is 0 Å². The van der Waals surface area contributed by atoms with Crippen molar-refractivity contribution >= 4 is 11.8 Å². The Hall–Kier alpha value is -1.83. The van der Waals surface area contributed by atoms with Crippen molar-refractivity contribution in [1.29, 1.82) is 0 Å². The second kappa shape index (κ2) is 6.74. The maximum Gasteiger partial charge on any atom is 0.414 e. The molecule has 1 aromatic rings. The monoisotopic (exact) mass is 323 g/mol. The molecule has 2 heterocycles. The summed E-state index contributed by atoms with van der Waals surface area (Å²) in [5.74, 6) is 0.153. The van der Waals surface area contributed by atoms with E-state index in [1.165, 1.54) is 4.90 Å². The van der Waals surface area contributed by atoms with Gasteiger partial charge in [-0.2, -0.15) is 0 Å². The molecule has 7 nitrogen and oxygen atoms in total. The number of benzene rings is 1. The van der Waals surface area contributed by atoms with E-state index in [1.807, 2.05) is 6.92 Å². The zero-order valence-electron chi connectivity index (χ0n) is 13.1. The van der Waals surface area contributed by atoms with Gasteiger partial charge in [0.05, 0.1) is 33.0 Å². The normalized spacial score (nSPS) is 23.1. The van der Waals surface area contributed by atoms with Crippen LogP contribution in [0.3, 0.4) is 0 Å². The van der Waals surface area contributed by atoms with Gasteiger partial charge in [-0.15, -0.1) is 0 Å². The molecule has 1 amide bonds. The van der Waals surface area contributed by atoms with Gasteiger partial charge in [-0.25, -0.2) is 4.79 Å². The third-order valence-corrected chi connectivity index (χ3v) is 3.95. The smallest absolute Gasteiger partial charge is 0.414 e. The highest BCUT2D eigenvalue weighted by Gasteiger charge is 2.32. The number of amides is 1. The van der Waals surface area contributed by atoms with Crippen LogP contribution < -0.4 is 9.64 Å². The summed E-state index contributed by atoms with van der Waals surface area (Å²) in [6.07, 6.45) is -0.266. The van der Waals surface area contributed by atoms with Gasteiger partial charge >= 0.3 is 6.09 Å². The number of hydrogen-bond donors (Lipinski definition) is 1. The summed E-state index contributed by atoms with van der Waals surface area (Å²) < 4.78 is 21.7. The van der Waals surface area contributed by atoms with Crippen molar-refractivity contribution in [1.82, 2.24) is 0 Å². The highest BCUT2D eigenvalue weighted by molar-refractivity contribution is 5.89. The number of ether oxygens (including phenoxy) is 4. The number of nitrogens with zero attached hydrogens (tertiary/aromatic N) is 1. The Labute approximate surface area is 134 Å². The molecule has 1 N–H and O–H groups in total. The Kier molecular flexibility index (Phi) is 4.70. The summed E-state index contributed by atoms with van der Waals surface area (Å²) in [4.78, 5) is 13.2. The number of carbonyl (C=O) groups excluding carboxylic acids is 1. The molecule has 2 aliphatic heterocycles. The summed E-state index contributed by atoms with van der Waals surface area (Å²) in [6, 6.07) is 7.18. The predicted octanol–water partition coefficient (Wildman–Crippen LogP) is 1.54. The van der Waals surface area contributed by atoms with E-state index >= 15 is 0 Å². The molecule has 0 spiro atoms.